The van der Waals surface area contributed by atoms with Crippen molar-refractivity contribution in [2.24, 2.45) is 0 Å². The van der Waals surface area contributed by atoms with Crippen LogP contribution >= 0.6 is 0 Å². The molecule has 0 aliphatic rings. The molecule has 0 spiro atoms. The van der Waals surface area contributed by atoms with E-state index in [1.165, 1.54) is 0 Å². The first-order chi connectivity index (χ1) is 8.83. The highest BCUT2D eigenvalue weighted by molar-refractivity contribution is 5.37. The lowest BCUT2D eigenvalue weighted by Crippen LogP contribution is -1.98. The third-order valence-corrected chi connectivity index (χ3v) is 2.59. The fraction of sp³-hybridized carbons (Fsp3) is 0.286. The van der Waals surface area contributed by atoms with E-state index in [1.54, 1.807) is 12.3 Å². The molecule has 4 heteroatoms. The maximum absolute atomic E-state index is 8.97. The Balaban J connectivity index is 2.00. The molecule has 0 aliphatic carbocycles. The number of ether oxygens (including phenoxy) is 1. The number of rotatable bonds is 5. The lowest BCUT2D eigenvalue weighted by molar-refractivity contribution is 0.305. The highest BCUT2D eigenvalue weighted by Crippen LogP contribution is 2.14. The molecule has 0 unspecified atom stereocenters. The molecule has 4 nitrogen and oxygen atoms in total. The van der Waals surface area contributed by atoms with Gasteiger partial charge in [-0.05, 0) is 12.5 Å². The second-order valence-electron chi connectivity index (χ2n) is 4.00. The molecule has 1 aromatic carbocycles. The summed E-state index contributed by atoms with van der Waals surface area (Å²) in [6.45, 7) is 3.38. The van der Waals surface area contributed by atoms with Crippen molar-refractivity contribution >= 4 is 0 Å². The van der Waals surface area contributed by atoms with E-state index in [9.17, 15) is 0 Å². The van der Waals surface area contributed by atoms with Crippen molar-refractivity contribution in [1.29, 1.82) is 5.26 Å². The Morgan fingerprint density at radius 3 is 3.00 bits per heavy atom. The largest absolute Gasteiger partial charge is 0.486 e. The van der Waals surface area contributed by atoms with Crippen LogP contribution in [-0.2, 0) is 13.2 Å². The monoisotopic (exact) mass is 241 g/mol. The second kappa shape index (κ2) is 5.87. The van der Waals surface area contributed by atoms with Gasteiger partial charge in [-0.1, -0.05) is 25.1 Å². The minimum Gasteiger partial charge on any atom is -0.486 e. The molecule has 0 radical (unpaired) electrons. The van der Waals surface area contributed by atoms with Crippen LogP contribution in [0.15, 0.2) is 36.7 Å². The van der Waals surface area contributed by atoms with Crippen molar-refractivity contribution in [3.63, 3.8) is 0 Å². The summed E-state index contributed by atoms with van der Waals surface area (Å²) in [6, 6.07) is 9.60. The van der Waals surface area contributed by atoms with E-state index in [-0.39, 0.29) is 0 Å². The second-order valence-corrected chi connectivity index (χ2v) is 4.00. The van der Waals surface area contributed by atoms with E-state index in [1.807, 2.05) is 29.1 Å². The van der Waals surface area contributed by atoms with Crippen molar-refractivity contribution in [3.05, 3.63) is 47.8 Å². The first-order valence-corrected chi connectivity index (χ1v) is 5.96. The van der Waals surface area contributed by atoms with Crippen molar-refractivity contribution in [2.75, 3.05) is 0 Å². The minimum atomic E-state index is 0.390. The molecule has 1 heterocycles. The lowest BCUT2D eigenvalue weighted by atomic mass is 10.1. The van der Waals surface area contributed by atoms with Gasteiger partial charge in [-0.3, -0.25) is 4.68 Å². The summed E-state index contributed by atoms with van der Waals surface area (Å²) in [5.41, 5.74) is 1.54. The zero-order chi connectivity index (χ0) is 12.8. The van der Waals surface area contributed by atoms with Crippen LogP contribution in [-0.4, -0.2) is 9.78 Å². The maximum atomic E-state index is 8.97. The zero-order valence-corrected chi connectivity index (χ0v) is 10.3. The van der Waals surface area contributed by atoms with Crippen LogP contribution in [0.25, 0.3) is 0 Å². The van der Waals surface area contributed by atoms with Gasteiger partial charge in [0.2, 0.25) is 0 Å². The molecule has 2 rings (SSSR count). The first-order valence-electron chi connectivity index (χ1n) is 5.96. The molecule has 0 bridgehead atoms. The van der Waals surface area contributed by atoms with Crippen molar-refractivity contribution < 1.29 is 4.74 Å². The predicted octanol–water partition coefficient (Wildman–Crippen LogP) is 2.74. The number of benzene rings is 1. The molecular formula is C14H15N3O. The quantitative estimate of drug-likeness (QED) is 0.808. The Hall–Kier alpha value is -2.28. The fourth-order valence-corrected chi connectivity index (χ4v) is 1.69. The third-order valence-electron chi connectivity index (χ3n) is 2.59. The Morgan fingerprint density at radius 1 is 1.39 bits per heavy atom. The highest BCUT2D eigenvalue weighted by Gasteiger charge is 2.03. The van der Waals surface area contributed by atoms with Crippen molar-refractivity contribution in [3.8, 4) is 11.8 Å². The molecule has 0 saturated carbocycles. The van der Waals surface area contributed by atoms with Gasteiger partial charge >= 0.3 is 0 Å². The summed E-state index contributed by atoms with van der Waals surface area (Å²) in [6.07, 6.45) is 4.61. The Bertz CT molecular complexity index is 554. The molecule has 0 amide bonds. The lowest BCUT2D eigenvalue weighted by Gasteiger charge is -2.04. The van der Waals surface area contributed by atoms with Crippen LogP contribution < -0.4 is 4.74 Å². The number of aryl methyl sites for hydroxylation is 1. The van der Waals surface area contributed by atoms with E-state index in [2.05, 4.69) is 18.1 Å². The Labute approximate surface area is 106 Å². The van der Waals surface area contributed by atoms with Gasteiger partial charge in [0.05, 0.1) is 24.0 Å². The smallest absolute Gasteiger partial charge is 0.157 e. The number of nitrogens with zero attached hydrogens (tertiary/aromatic N) is 3. The van der Waals surface area contributed by atoms with Crippen LogP contribution in [0.5, 0.6) is 5.75 Å². The number of hydrogen-bond acceptors (Lipinski definition) is 3. The van der Waals surface area contributed by atoms with E-state index in [0.717, 1.165) is 24.3 Å². The average Bonchev–Trinajstić information content (AvgIpc) is 2.85. The van der Waals surface area contributed by atoms with Crippen LogP contribution in [0.2, 0.25) is 0 Å². The van der Waals surface area contributed by atoms with Gasteiger partial charge in [0.25, 0.3) is 0 Å². The molecule has 0 aliphatic heterocycles. The van der Waals surface area contributed by atoms with E-state index < -0.39 is 0 Å². The van der Waals surface area contributed by atoms with Crippen LogP contribution in [0.3, 0.4) is 0 Å². The summed E-state index contributed by atoms with van der Waals surface area (Å²) in [4.78, 5) is 0. The first kappa shape index (κ1) is 12.2. The summed E-state index contributed by atoms with van der Waals surface area (Å²) >= 11 is 0. The number of aromatic nitrogens is 2. The van der Waals surface area contributed by atoms with Crippen molar-refractivity contribution in [2.45, 2.75) is 26.5 Å². The molecule has 18 heavy (non-hydrogen) atoms. The molecule has 2 aromatic rings. The zero-order valence-electron chi connectivity index (χ0n) is 10.3. The van der Waals surface area contributed by atoms with Crippen LogP contribution in [0.4, 0.5) is 0 Å². The third kappa shape index (κ3) is 2.89. The summed E-state index contributed by atoms with van der Waals surface area (Å²) < 4.78 is 7.48. The normalized spacial score (nSPS) is 10.0. The van der Waals surface area contributed by atoms with E-state index >= 15 is 0 Å². The Kier molecular flexibility index (Phi) is 3.98. The van der Waals surface area contributed by atoms with E-state index in [0.29, 0.717) is 12.2 Å². The van der Waals surface area contributed by atoms with Gasteiger partial charge in [0, 0.05) is 12.1 Å². The molecule has 0 N–H and O–H groups in total. The standard InChI is InChI=1S/C14H15N3O/c1-2-7-17-10-14(9-16-17)18-11-13-6-4-3-5-12(13)8-15/h3-6,9-10H,2,7,11H2,1H3. The molecule has 0 saturated heterocycles. The number of hydrogen-bond donors (Lipinski definition) is 0. The fourth-order valence-electron chi connectivity index (χ4n) is 1.69. The average molecular weight is 241 g/mol. The minimum absolute atomic E-state index is 0.390. The summed E-state index contributed by atoms with van der Waals surface area (Å²) in [5, 5.41) is 13.2. The molecule has 0 fully saturated rings. The van der Waals surface area contributed by atoms with Gasteiger partial charge < -0.3 is 4.74 Å². The Morgan fingerprint density at radius 2 is 2.22 bits per heavy atom. The topological polar surface area (TPSA) is 50.8 Å². The maximum Gasteiger partial charge on any atom is 0.157 e. The molecular weight excluding hydrogens is 226 g/mol. The van der Waals surface area contributed by atoms with Gasteiger partial charge in [-0.25, -0.2) is 0 Å². The van der Waals surface area contributed by atoms with Gasteiger partial charge in [0.15, 0.2) is 5.75 Å². The van der Waals surface area contributed by atoms with Crippen molar-refractivity contribution in [1.82, 2.24) is 9.78 Å². The predicted molar refractivity (Wildman–Crippen MR) is 68.0 cm³/mol. The molecule has 0 atom stereocenters. The molecule has 1 aromatic heterocycles. The van der Waals surface area contributed by atoms with Crippen LogP contribution in [0, 0.1) is 11.3 Å². The highest BCUT2D eigenvalue weighted by atomic mass is 16.5. The van der Waals surface area contributed by atoms with Gasteiger partial charge in [-0.2, -0.15) is 10.4 Å². The van der Waals surface area contributed by atoms with Crippen LogP contribution in [0.1, 0.15) is 24.5 Å². The molecule has 92 valence electrons. The summed E-state index contributed by atoms with van der Waals surface area (Å²) in [7, 11) is 0. The van der Waals surface area contributed by atoms with Gasteiger partial charge in [0.1, 0.15) is 6.61 Å². The number of nitriles is 1. The van der Waals surface area contributed by atoms with Gasteiger partial charge in [-0.15, -0.1) is 0 Å². The SMILES string of the molecule is CCCn1cc(OCc2ccccc2C#N)cn1. The van der Waals surface area contributed by atoms with E-state index in [4.69, 9.17) is 10.00 Å². The summed E-state index contributed by atoms with van der Waals surface area (Å²) in [5.74, 6) is 0.733.